The Labute approximate surface area is 278 Å². The van der Waals surface area contributed by atoms with Crippen molar-refractivity contribution < 1.29 is 33.5 Å². The predicted octanol–water partition coefficient (Wildman–Crippen LogP) is 2.35. The third-order valence-electron chi connectivity index (χ3n) is 7.28. The van der Waals surface area contributed by atoms with E-state index in [-0.39, 0.29) is 36.7 Å². The summed E-state index contributed by atoms with van der Waals surface area (Å²) >= 11 is 6.08. The largest absolute Gasteiger partial charge is 0.465 e. The molecule has 2 atom stereocenters. The molecular weight excluding hydrogens is 628 g/mol. The molecule has 14 heteroatoms. The average molecular weight is 669 g/mol. The van der Waals surface area contributed by atoms with E-state index in [4.69, 9.17) is 22.1 Å². The Bertz CT molecular complexity index is 1510. The number of esters is 1. The van der Waals surface area contributed by atoms with Crippen molar-refractivity contribution in [2.45, 2.75) is 59.2 Å². The minimum atomic E-state index is -1.03. The maximum absolute atomic E-state index is 13.9. The van der Waals surface area contributed by atoms with Gasteiger partial charge in [-0.1, -0.05) is 62.7 Å². The highest BCUT2D eigenvalue weighted by Gasteiger charge is 2.42. The molecule has 0 spiro atoms. The van der Waals surface area contributed by atoms with Crippen LogP contribution in [0.5, 0.6) is 0 Å². The number of halogens is 1. The van der Waals surface area contributed by atoms with Crippen molar-refractivity contribution in [1.29, 1.82) is 0 Å². The lowest BCUT2D eigenvalue weighted by molar-refractivity contribution is -0.153. The minimum Gasteiger partial charge on any atom is -0.465 e. The summed E-state index contributed by atoms with van der Waals surface area (Å²) in [5.41, 5.74) is 8.79. The highest BCUT2D eigenvalue weighted by atomic mass is 35.5. The number of amides is 5. The third-order valence-corrected chi connectivity index (χ3v) is 7.61. The Hall–Kier alpha value is -4.91. The van der Waals surface area contributed by atoms with Crippen LogP contribution >= 0.6 is 11.6 Å². The lowest BCUT2D eigenvalue weighted by atomic mass is 9.85. The van der Waals surface area contributed by atoms with E-state index in [9.17, 15) is 28.8 Å². The molecule has 0 bridgehead atoms. The molecule has 2 aromatic carbocycles. The van der Waals surface area contributed by atoms with E-state index < -0.39 is 59.5 Å². The number of carbonyl (C=O) groups is 6. The van der Waals surface area contributed by atoms with Crippen molar-refractivity contribution in [3.05, 3.63) is 76.8 Å². The maximum Gasteiger partial charge on any atom is 0.327 e. The Kier molecular flexibility index (Phi) is 12.9. The first kappa shape index (κ1) is 36.6. The van der Waals surface area contributed by atoms with Crippen LogP contribution in [0.15, 0.2) is 60.7 Å². The van der Waals surface area contributed by atoms with Gasteiger partial charge in [-0.25, -0.2) is 5.01 Å². The Morgan fingerprint density at radius 3 is 2.43 bits per heavy atom. The van der Waals surface area contributed by atoms with E-state index >= 15 is 0 Å². The van der Waals surface area contributed by atoms with Crippen molar-refractivity contribution in [1.82, 2.24) is 26.0 Å². The van der Waals surface area contributed by atoms with Crippen molar-refractivity contribution in [2.75, 3.05) is 25.4 Å². The van der Waals surface area contributed by atoms with Gasteiger partial charge in [0.2, 0.25) is 11.8 Å². The second-order valence-electron chi connectivity index (χ2n) is 11.9. The number of likely N-dealkylation sites (tertiary alicyclic amines) is 1. The van der Waals surface area contributed by atoms with Gasteiger partial charge in [0.25, 0.3) is 17.7 Å². The maximum atomic E-state index is 13.9. The summed E-state index contributed by atoms with van der Waals surface area (Å²) in [4.78, 5) is 79.6. The molecule has 2 aromatic rings. The number of nitrogen functional groups attached to an aromatic ring is 1. The van der Waals surface area contributed by atoms with Crippen LogP contribution in [0.3, 0.4) is 0 Å². The first-order chi connectivity index (χ1) is 22.2. The molecule has 13 nitrogen and oxygen atoms in total. The number of ether oxygens (including phenoxy) is 1. The van der Waals surface area contributed by atoms with Crippen LogP contribution in [0.1, 0.15) is 56.5 Å². The highest BCUT2D eigenvalue weighted by Crippen LogP contribution is 2.27. The van der Waals surface area contributed by atoms with Gasteiger partial charge in [-0.3, -0.25) is 34.2 Å². The second kappa shape index (κ2) is 16.6. The Morgan fingerprint density at radius 2 is 1.79 bits per heavy atom. The molecule has 3 rings (SSSR count). The zero-order chi connectivity index (χ0) is 34.7. The van der Waals surface area contributed by atoms with Crippen LogP contribution < -0.4 is 21.8 Å². The molecule has 252 valence electrons. The van der Waals surface area contributed by atoms with Gasteiger partial charge >= 0.3 is 5.97 Å². The van der Waals surface area contributed by atoms with Crippen LogP contribution in [0.25, 0.3) is 0 Å². The van der Waals surface area contributed by atoms with Gasteiger partial charge in [0.15, 0.2) is 0 Å². The normalized spacial score (nSPS) is 15.1. The molecule has 0 saturated carbocycles. The Balaban J connectivity index is 1.73. The monoisotopic (exact) mass is 668 g/mol. The van der Waals surface area contributed by atoms with Crippen LogP contribution in [0.2, 0.25) is 5.02 Å². The van der Waals surface area contributed by atoms with Crippen molar-refractivity contribution in [3.8, 4) is 0 Å². The number of hydrogen-bond donors (Lipinski definition) is 4. The lowest BCUT2D eigenvalue weighted by Gasteiger charge is -2.35. The molecule has 0 aliphatic carbocycles. The van der Waals surface area contributed by atoms with Crippen LogP contribution in [0, 0.1) is 5.41 Å². The summed E-state index contributed by atoms with van der Waals surface area (Å²) in [5.74, 6) is -3.98. The van der Waals surface area contributed by atoms with Crippen LogP contribution in [0.4, 0.5) is 5.69 Å². The Morgan fingerprint density at radius 1 is 1.09 bits per heavy atom. The molecule has 1 heterocycles. The van der Waals surface area contributed by atoms with Gasteiger partial charge in [0.05, 0.1) is 17.3 Å². The average Bonchev–Trinajstić information content (AvgIpc) is 3.52. The van der Waals surface area contributed by atoms with Gasteiger partial charge in [-0.15, -0.1) is 0 Å². The molecule has 5 N–H and O–H groups in total. The van der Waals surface area contributed by atoms with Gasteiger partial charge in [0, 0.05) is 30.8 Å². The van der Waals surface area contributed by atoms with Crippen molar-refractivity contribution in [3.63, 3.8) is 0 Å². The van der Waals surface area contributed by atoms with Gasteiger partial charge in [-0.2, -0.15) is 0 Å². The summed E-state index contributed by atoms with van der Waals surface area (Å²) in [6.45, 7) is 6.78. The van der Waals surface area contributed by atoms with E-state index in [0.29, 0.717) is 12.1 Å². The number of nitrogens with one attached hydrogen (secondary N) is 3. The first-order valence-electron chi connectivity index (χ1n) is 15.1. The summed E-state index contributed by atoms with van der Waals surface area (Å²) < 4.78 is 4.95. The predicted molar refractivity (Wildman–Crippen MR) is 175 cm³/mol. The number of benzene rings is 2. The van der Waals surface area contributed by atoms with Crippen LogP contribution in [-0.4, -0.2) is 77.2 Å². The molecule has 47 heavy (non-hydrogen) atoms. The molecule has 1 unspecified atom stereocenters. The van der Waals surface area contributed by atoms with E-state index in [0.717, 1.165) is 22.7 Å². The summed E-state index contributed by atoms with van der Waals surface area (Å²) in [6, 6.07) is 11.5. The molecule has 1 aliphatic heterocycles. The van der Waals surface area contributed by atoms with Crippen LogP contribution in [-0.2, 0) is 35.3 Å². The fraction of sp³-hybridized carbons (Fsp3) is 0.394. The van der Waals surface area contributed by atoms with Crippen molar-refractivity contribution >= 4 is 52.8 Å². The molecule has 0 aromatic heterocycles. The SMILES string of the molecule is CCOC(=O)CN(NC(=O)C1CCCN1C(=O)[C@@H](NC(=O)c1ccc(N)c(Cl)c1)C(C)(C)C)C(=O)/C=C/C(=O)NCc1ccccc1. The zero-order valence-electron chi connectivity index (χ0n) is 26.9. The molecule has 1 aliphatic rings. The lowest BCUT2D eigenvalue weighted by Crippen LogP contribution is -2.59. The number of rotatable bonds is 11. The van der Waals surface area contributed by atoms with E-state index in [1.54, 1.807) is 27.7 Å². The number of nitrogens with two attached hydrogens (primary N) is 1. The third kappa shape index (κ3) is 10.6. The van der Waals surface area contributed by atoms with Crippen molar-refractivity contribution in [2.24, 2.45) is 5.41 Å². The molecule has 0 radical (unpaired) electrons. The number of anilines is 1. The smallest absolute Gasteiger partial charge is 0.327 e. The summed E-state index contributed by atoms with van der Waals surface area (Å²) in [5, 5.41) is 6.34. The second-order valence-corrected chi connectivity index (χ2v) is 12.3. The summed E-state index contributed by atoms with van der Waals surface area (Å²) in [7, 11) is 0. The van der Waals surface area contributed by atoms with E-state index in [1.165, 1.54) is 23.1 Å². The molecule has 1 fully saturated rings. The number of carbonyl (C=O) groups excluding carboxylic acids is 6. The van der Waals surface area contributed by atoms with E-state index in [1.807, 2.05) is 30.3 Å². The standard InChI is InChI=1S/C33H41ClN6O7/c1-5-47-28(43)20-40(27(42)16-15-26(41)36-19-21-10-7-6-8-11-21)38-31(45)25-12-9-17-39(25)32(46)29(33(2,3)4)37-30(44)22-13-14-24(35)23(34)18-22/h6-8,10-11,13-16,18,25,29H,5,9,12,17,19-20,35H2,1-4H3,(H,36,41)(H,37,44)(H,38,45)/b16-15+/t25?,29-/m1/s1. The van der Waals surface area contributed by atoms with Gasteiger partial charge < -0.3 is 26.0 Å². The summed E-state index contributed by atoms with van der Waals surface area (Å²) in [6.07, 6.45) is 2.67. The zero-order valence-corrected chi connectivity index (χ0v) is 27.6. The molecule has 1 saturated heterocycles. The quantitative estimate of drug-likeness (QED) is 0.122. The number of nitrogens with zero attached hydrogens (tertiary/aromatic N) is 2. The highest BCUT2D eigenvalue weighted by molar-refractivity contribution is 6.33. The first-order valence-corrected chi connectivity index (χ1v) is 15.5. The van der Waals surface area contributed by atoms with Gasteiger partial charge in [-0.05, 0) is 48.9 Å². The fourth-order valence-electron chi connectivity index (χ4n) is 4.80. The molecular formula is C33H41ClN6O7. The fourth-order valence-corrected chi connectivity index (χ4v) is 4.98. The number of hydrazine groups is 1. The topological polar surface area (TPSA) is 180 Å². The minimum absolute atomic E-state index is 0.0416. The number of hydrogen-bond acceptors (Lipinski definition) is 8. The molecule has 5 amide bonds. The van der Waals surface area contributed by atoms with E-state index in [2.05, 4.69) is 16.1 Å². The van der Waals surface area contributed by atoms with Gasteiger partial charge in [0.1, 0.15) is 18.6 Å².